The van der Waals surface area contributed by atoms with Gasteiger partial charge in [0.15, 0.2) is 5.69 Å². The molecule has 3 amide bonds. The number of likely N-dealkylation sites (tertiary alicyclic amines) is 1. The molecule has 0 atom stereocenters. The second kappa shape index (κ2) is 10.9. The van der Waals surface area contributed by atoms with Crippen LogP contribution in [0.15, 0.2) is 55.0 Å². The first-order chi connectivity index (χ1) is 18.4. The number of amides is 3. The number of hydrogen-bond donors (Lipinski definition) is 3. The Morgan fingerprint density at radius 3 is 2.55 bits per heavy atom. The molecule has 0 saturated carbocycles. The Labute approximate surface area is 220 Å². The molecule has 1 fully saturated rings. The van der Waals surface area contributed by atoms with E-state index in [0.29, 0.717) is 22.6 Å². The molecule has 0 bridgehead atoms. The summed E-state index contributed by atoms with van der Waals surface area (Å²) in [6, 6.07) is 10.8. The van der Waals surface area contributed by atoms with E-state index < -0.39 is 0 Å². The Hall–Kier alpha value is -4.51. The fraction of sp³-hybridized carbons (Fsp3) is 0.296. The summed E-state index contributed by atoms with van der Waals surface area (Å²) in [5.41, 5.74) is 3.73. The van der Waals surface area contributed by atoms with E-state index in [1.54, 1.807) is 44.8 Å². The van der Waals surface area contributed by atoms with Gasteiger partial charge >= 0.3 is 6.03 Å². The van der Waals surface area contributed by atoms with E-state index in [1.807, 2.05) is 24.3 Å². The highest BCUT2D eigenvalue weighted by molar-refractivity contribution is 6.11. The monoisotopic (exact) mass is 514 g/mol. The topological polar surface area (TPSA) is 128 Å². The molecule has 196 valence electrons. The fourth-order valence-corrected chi connectivity index (χ4v) is 4.26. The minimum absolute atomic E-state index is 0.156. The molecule has 0 unspecified atom stereocenters. The number of hydrogen-bond acceptors (Lipinski definition) is 7. The van der Waals surface area contributed by atoms with Crippen LogP contribution < -0.4 is 15.4 Å². The molecule has 4 aromatic rings. The Balaban J connectivity index is 1.29. The van der Waals surface area contributed by atoms with Gasteiger partial charge in [-0.3, -0.25) is 14.9 Å². The van der Waals surface area contributed by atoms with Gasteiger partial charge in [0.2, 0.25) is 5.88 Å². The highest BCUT2D eigenvalue weighted by atomic mass is 16.5. The zero-order valence-electron chi connectivity index (χ0n) is 21.6. The number of urea groups is 1. The second-order valence-electron chi connectivity index (χ2n) is 9.58. The average molecular weight is 515 g/mol. The summed E-state index contributed by atoms with van der Waals surface area (Å²) in [6.45, 7) is 2.01. The molecule has 0 aliphatic carbocycles. The third-order valence-corrected chi connectivity index (χ3v) is 6.45. The van der Waals surface area contributed by atoms with Gasteiger partial charge in [0.25, 0.3) is 5.91 Å². The van der Waals surface area contributed by atoms with Gasteiger partial charge < -0.3 is 25.2 Å². The minimum atomic E-state index is -0.357. The average Bonchev–Trinajstić information content (AvgIpc) is 3.35. The highest BCUT2D eigenvalue weighted by Crippen LogP contribution is 2.27. The predicted octanol–water partition coefficient (Wildman–Crippen LogP) is 3.84. The lowest BCUT2D eigenvalue weighted by atomic mass is 10.0. The van der Waals surface area contributed by atoms with Crippen LogP contribution in [0.5, 0.6) is 5.88 Å². The minimum Gasteiger partial charge on any atom is -0.474 e. The Bertz CT molecular complexity index is 1440. The number of fused-ring (bicyclic) bond motifs is 1. The largest absolute Gasteiger partial charge is 0.474 e. The van der Waals surface area contributed by atoms with Crippen LogP contribution in [0.2, 0.25) is 0 Å². The van der Waals surface area contributed by atoms with E-state index in [2.05, 4.69) is 42.7 Å². The van der Waals surface area contributed by atoms with Crippen molar-refractivity contribution in [1.82, 2.24) is 30.0 Å². The molecule has 0 spiro atoms. The third-order valence-electron chi connectivity index (χ3n) is 6.45. The van der Waals surface area contributed by atoms with Gasteiger partial charge in [-0.05, 0) is 49.7 Å². The normalized spacial score (nSPS) is 14.3. The maximum absolute atomic E-state index is 13.1. The Morgan fingerprint density at radius 2 is 1.82 bits per heavy atom. The highest BCUT2D eigenvalue weighted by Gasteiger charge is 2.19. The summed E-state index contributed by atoms with van der Waals surface area (Å²) < 4.78 is 5.99. The number of aromatic nitrogens is 4. The first-order valence-corrected chi connectivity index (χ1v) is 12.4. The SMILES string of the molecule is CN1CCC(Oc2ccc(NC(=O)c3n[nH]c4ccc(-c5cncc(NC(=O)N(C)C)c5)cc34)cn2)CC1. The molecular weight excluding hydrogens is 484 g/mol. The molecular formula is C27H30N8O3. The van der Waals surface area contributed by atoms with Crippen molar-refractivity contribution in [2.45, 2.75) is 18.9 Å². The maximum Gasteiger partial charge on any atom is 0.321 e. The first-order valence-electron chi connectivity index (χ1n) is 12.4. The molecule has 3 aromatic heterocycles. The number of piperidine rings is 1. The number of pyridine rings is 2. The van der Waals surface area contributed by atoms with Gasteiger partial charge in [-0.1, -0.05) is 6.07 Å². The molecule has 5 rings (SSSR count). The zero-order chi connectivity index (χ0) is 26.6. The smallest absolute Gasteiger partial charge is 0.321 e. The Kier molecular flexibility index (Phi) is 7.18. The number of rotatable bonds is 6. The summed E-state index contributed by atoms with van der Waals surface area (Å²) >= 11 is 0. The molecule has 3 N–H and O–H groups in total. The van der Waals surface area contributed by atoms with Crippen molar-refractivity contribution in [1.29, 1.82) is 0 Å². The van der Waals surface area contributed by atoms with E-state index in [9.17, 15) is 9.59 Å². The van der Waals surface area contributed by atoms with Crippen LogP contribution in [-0.4, -0.2) is 82.2 Å². The fourth-order valence-electron chi connectivity index (χ4n) is 4.26. The van der Waals surface area contributed by atoms with Gasteiger partial charge in [0.1, 0.15) is 6.10 Å². The van der Waals surface area contributed by atoms with Crippen LogP contribution in [0.4, 0.5) is 16.2 Å². The molecule has 38 heavy (non-hydrogen) atoms. The lowest BCUT2D eigenvalue weighted by Crippen LogP contribution is -2.35. The first kappa shape index (κ1) is 25.2. The quantitative estimate of drug-likeness (QED) is 0.357. The van der Waals surface area contributed by atoms with Gasteiger partial charge in [-0.15, -0.1) is 0 Å². The summed E-state index contributed by atoms with van der Waals surface area (Å²) in [4.78, 5) is 37.4. The van der Waals surface area contributed by atoms with Crippen molar-refractivity contribution in [3.8, 4) is 17.0 Å². The van der Waals surface area contributed by atoms with Crippen LogP contribution in [-0.2, 0) is 0 Å². The van der Waals surface area contributed by atoms with Crippen molar-refractivity contribution in [2.75, 3.05) is 44.9 Å². The molecule has 11 heteroatoms. The number of nitrogens with one attached hydrogen (secondary N) is 3. The van der Waals surface area contributed by atoms with Crippen LogP contribution >= 0.6 is 0 Å². The maximum atomic E-state index is 13.1. The molecule has 1 aromatic carbocycles. The van der Waals surface area contributed by atoms with Gasteiger partial charge in [-0.25, -0.2) is 9.78 Å². The molecule has 1 aliphatic rings. The summed E-state index contributed by atoms with van der Waals surface area (Å²) in [7, 11) is 5.44. The van der Waals surface area contributed by atoms with E-state index in [0.717, 1.165) is 42.6 Å². The van der Waals surface area contributed by atoms with E-state index in [4.69, 9.17) is 4.74 Å². The molecule has 1 saturated heterocycles. The Morgan fingerprint density at radius 1 is 1.00 bits per heavy atom. The van der Waals surface area contributed by atoms with Gasteiger partial charge in [0.05, 0.1) is 29.3 Å². The van der Waals surface area contributed by atoms with Crippen molar-refractivity contribution < 1.29 is 14.3 Å². The van der Waals surface area contributed by atoms with E-state index in [1.165, 1.54) is 4.90 Å². The number of ether oxygens (including phenoxy) is 1. The standard InChI is InChI=1S/C27H30N8O3/c1-34(2)27(37)31-20-12-18(14-28-15-20)17-4-6-23-22(13-17)25(33-32-23)26(36)30-19-5-7-24(29-16-19)38-21-8-10-35(3)11-9-21/h4-7,12-16,21H,8-11H2,1-3H3,(H,30,36)(H,31,37)(H,32,33). The number of H-pyrrole nitrogens is 1. The van der Waals surface area contributed by atoms with Crippen LogP contribution in [0.1, 0.15) is 23.3 Å². The van der Waals surface area contributed by atoms with Crippen molar-refractivity contribution in [3.63, 3.8) is 0 Å². The van der Waals surface area contributed by atoms with Crippen molar-refractivity contribution in [3.05, 3.63) is 60.7 Å². The number of carbonyl (C=O) groups excluding carboxylic acids is 2. The van der Waals surface area contributed by atoms with E-state index >= 15 is 0 Å². The summed E-state index contributed by atoms with van der Waals surface area (Å²) in [6.07, 6.45) is 6.96. The number of nitrogens with zero attached hydrogens (tertiary/aromatic N) is 5. The third kappa shape index (κ3) is 5.73. The van der Waals surface area contributed by atoms with Gasteiger partial charge in [-0.2, -0.15) is 5.10 Å². The molecule has 1 aliphatic heterocycles. The molecule has 11 nitrogen and oxygen atoms in total. The van der Waals surface area contributed by atoms with Crippen LogP contribution in [0, 0.1) is 0 Å². The lowest BCUT2D eigenvalue weighted by Gasteiger charge is -2.28. The number of benzene rings is 1. The van der Waals surface area contributed by atoms with E-state index in [-0.39, 0.29) is 23.7 Å². The predicted molar refractivity (Wildman–Crippen MR) is 145 cm³/mol. The number of aromatic amines is 1. The molecule has 4 heterocycles. The zero-order valence-corrected chi connectivity index (χ0v) is 21.6. The van der Waals surface area contributed by atoms with Gasteiger partial charge in [0, 0.05) is 50.4 Å². The van der Waals surface area contributed by atoms with Crippen molar-refractivity contribution in [2.24, 2.45) is 0 Å². The van der Waals surface area contributed by atoms with Crippen LogP contribution in [0.3, 0.4) is 0 Å². The molecule has 0 radical (unpaired) electrons. The lowest BCUT2D eigenvalue weighted by molar-refractivity contribution is 0.102. The van der Waals surface area contributed by atoms with Crippen molar-refractivity contribution >= 4 is 34.2 Å². The number of carbonyl (C=O) groups is 2. The summed E-state index contributed by atoms with van der Waals surface area (Å²) in [5.74, 6) is 0.189. The van der Waals surface area contributed by atoms with Crippen LogP contribution in [0.25, 0.3) is 22.0 Å². The number of anilines is 2. The second-order valence-corrected chi connectivity index (χ2v) is 9.58. The summed E-state index contributed by atoms with van der Waals surface area (Å²) in [5, 5.41) is 13.5.